The molecule has 4 aromatic heterocycles. The Morgan fingerprint density at radius 3 is 2.79 bits per heavy atom. The van der Waals surface area contributed by atoms with Crippen molar-refractivity contribution in [2.75, 3.05) is 0 Å². The van der Waals surface area contributed by atoms with Gasteiger partial charge in [-0.05, 0) is 30.7 Å². The van der Waals surface area contributed by atoms with Crippen LogP contribution in [0.25, 0.3) is 32.9 Å². The average Bonchev–Trinajstić information content (AvgIpc) is 3.74. The van der Waals surface area contributed by atoms with E-state index in [9.17, 15) is 13.5 Å². The molecule has 11 heteroatoms. The van der Waals surface area contributed by atoms with Gasteiger partial charge in [0.1, 0.15) is 22.8 Å². The van der Waals surface area contributed by atoms with Gasteiger partial charge in [-0.3, -0.25) is 0 Å². The number of rotatable bonds is 5. The predicted molar refractivity (Wildman–Crippen MR) is 148 cm³/mol. The van der Waals surface area contributed by atoms with Crippen LogP contribution in [-0.2, 0) is 22.2 Å². The van der Waals surface area contributed by atoms with E-state index in [4.69, 9.17) is 4.98 Å². The van der Waals surface area contributed by atoms with Crippen molar-refractivity contribution in [2.45, 2.75) is 30.4 Å². The normalized spacial score (nSPS) is 17.1. The maximum absolute atomic E-state index is 13.5. The zero-order valence-electron chi connectivity index (χ0n) is 20.8. The van der Waals surface area contributed by atoms with Gasteiger partial charge in [0, 0.05) is 59.6 Å². The molecular formula is C28H22N6O3S2. The molecule has 2 aromatic carbocycles. The average molecular weight is 555 g/mol. The molecule has 0 amide bonds. The number of hydrogen-bond donors (Lipinski definition) is 1. The van der Waals surface area contributed by atoms with Crippen LogP contribution in [0, 0.1) is 6.92 Å². The highest BCUT2D eigenvalue weighted by Gasteiger charge is 2.40. The van der Waals surface area contributed by atoms with Crippen LogP contribution in [0.4, 0.5) is 0 Å². The van der Waals surface area contributed by atoms with E-state index >= 15 is 0 Å². The van der Waals surface area contributed by atoms with Crippen LogP contribution >= 0.6 is 11.3 Å². The first-order chi connectivity index (χ1) is 18.8. The predicted octanol–water partition coefficient (Wildman–Crippen LogP) is 4.60. The largest absolute Gasteiger partial charge is 0.377 e. The van der Waals surface area contributed by atoms with E-state index in [0.717, 1.165) is 22.4 Å². The summed E-state index contributed by atoms with van der Waals surface area (Å²) < 4.78 is 30.3. The lowest BCUT2D eigenvalue weighted by Crippen LogP contribution is -2.25. The lowest BCUT2D eigenvalue weighted by molar-refractivity contribution is 0.0786. The zero-order valence-corrected chi connectivity index (χ0v) is 22.4. The molecule has 9 nitrogen and oxygen atoms in total. The number of fused-ring (bicyclic) bond motifs is 2. The third-order valence-electron chi connectivity index (χ3n) is 7.18. The molecule has 0 saturated carbocycles. The molecule has 7 rings (SSSR count). The van der Waals surface area contributed by atoms with Crippen LogP contribution in [-0.4, -0.2) is 42.0 Å². The highest BCUT2D eigenvalue weighted by Crippen LogP contribution is 2.40. The van der Waals surface area contributed by atoms with Gasteiger partial charge >= 0.3 is 0 Å². The second kappa shape index (κ2) is 8.67. The summed E-state index contributed by atoms with van der Waals surface area (Å²) in [4.78, 5) is 17.9. The van der Waals surface area contributed by atoms with E-state index in [1.807, 2.05) is 47.3 Å². The minimum absolute atomic E-state index is 0.178. The molecule has 1 unspecified atom stereocenters. The van der Waals surface area contributed by atoms with E-state index < -0.39 is 15.6 Å². The van der Waals surface area contributed by atoms with Gasteiger partial charge < -0.3 is 9.67 Å². The summed E-state index contributed by atoms with van der Waals surface area (Å²) in [5.41, 5.74) is 3.06. The van der Waals surface area contributed by atoms with Crippen molar-refractivity contribution in [3.05, 3.63) is 102 Å². The lowest BCUT2D eigenvalue weighted by Gasteiger charge is -2.22. The highest BCUT2D eigenvalue weighted by molar-refractivity contribution is 7.90. The molecule has 1 aliphatic rings. The van der Waals surface area contributed by atoms with Gasteiger partial charge in [-0.25, -0.2) is 32.3 Å². The third-order valence-corrected chi connectivity index (χ3v) is 9.72. The first-order valence-corrected chi connectivity index (χ1v) is 14.6. The summed E-state index contributed by atoms with van der Waals surface area (Å²) in [6, 6.07) is 14.4. The van der Waals surface area contributed by atoms with Gasteiger partial charge in [0.25, 0.3) is 10.0 Å². The number of benzene rings is 2. The van der Waals surface area contributed by atoms with E-state index in [1.165, 1.54) is 21.6 Å². The number of aryl methyl sites for hydroxylation is 2. The molecule has 0 radical (unpaired) electrons. The number of thiazole rings is 1. The smallest absolute Gasteiger partial charge is 0.269 e. The molecule has 6 aromatic rings. The summed E-state index contributed by atoms with van der Waals surface area (Å²) in [5.74, 6) is 0.640. The number of imidazole rings is 1. The fraction of sp³-hybridized carbons (Fsp3) is 0.143. The molecule has 0 fully saturated rings. The second-order valence-corrected chi connectivity index (χ2v) is 12.3. The molecule has 0 bridgehead atoms. The Hall–Kier alpha value is -4.19. The quantitative estimate of drug-likeness (QED) is 0.331. The molecule has 5 heterocycles. The molecular weight excluding hydrogens is 532 g/mol. The Balaban J connectivity index is 1.29. The minimum Gasteiger partial charge on any atom is -0.377 e. The second-order valence-electron chi connectivity index (χ2n) is 9.59. The summed E-state index contributed by atoms with van der Waals surface area (Å²) in [5, 5.41) is 14.7. The molecule has 1 N–H and O–H groups in total. The third kappa shape index (κ3) is 3.73. The standard InChI is InChI=1S/C28H22N6O3S2/c1-18-5-7-21(8-6-18)39(36,37)34-15-23(22-14-29-17-31-25(22)34)26-32-24(16-38-26)19-3-2-4-20(13-19)28(35)9-11-33-12-10-30-27(28)33/h2-8,10,12-17,35H,9,11H2,1H3. The van der Waals surface area contributed by atoms with Crippen LogP contribution in [0.2, 0.25) is 0 Å². The first kappa shape index (κ1) is 23.9. The van der Waals surface area contributed by atoms with Crippen LogP contribution < -0.4 is 0 Å². The van der Waals surface area contributed by atoms with Crippen molar-refractivity contribution >= 4 is 32.4 Å². The van der Waals surface area contributed by atoms with Gasteiger partial charge in [-0.15, -0.1) is 11.3 Å². The van der Waals surface area contributed by atoms with Gasteiger partial charge in [0.2, 0.25) is 0 Å². The fourth-order valence-electron chi connectivity index (χ4n) is 5.10. The first-order valence-electron chi connectivity index (χ1n) is 12.3. The Bertz CT molecular complexity index is 1970. The highest BCUT2D eigenvalue weighted by atomic mass is 32.2. The van der Waals surface area contributed by atoms with Crippen LogP contribution in [0.15, 0.2) is 89.9 Å². The van der Waals surface area contributed by atoms with Crippen LogP contribution in [0.5, 0.6) is 0 Å². The maximum Gasteiger partial charge on any atom is 0.269 e. The van der Waals surface area contributed by atoms with Gasteiger partial charge in [-0.2, -0.15) is 0 Å². The molecule has 1 aliphatic heterocycles. The maximum atomic E-state index is 13.5. The monoisotopic (exact) mass is 554 g/mol. The summed E-state index contributed by atoms with van der Waals surface area (Å²) >= 11 is 1.41. The molecule has 194 valence electrons. The van der Waals surface area contributed by atoms with Gasteiger partial charge in [-0.1, -0.05) is 35.9 Å². The van der Waals surface area contributed by atoms with E-state index in [-0.39, 0.29) is 4.90 Å². The minimum atomic E-state index is -3.89. The molecule has 0 spiro atoms. The van der Waals surface area contributed by atoms with Crippen molar-refractivity contribution in [1.29, 1.82) is 0 Å². The number of hydrogen-bond acceptors (Lipinski definition) is 8. The number of nitrogens with zero attached hydrogens (tertiary/aromatic N) is 6. The van der Waals surface area contributed by atoms with E-state index in [2.05, 4.69) is 15.0 Å². The molecule has 39 heavy (non-hydrogen) atoms. The Morgan fingerprint density at radius 1 is 1.10 bits per heavy atom. The molecule has 1 atom stereocenters. The van der Waals surface area contributed by atoms with E-state index in [1.54, 1.807) is 42.9 Å². The van der Waals surface area contributed by atoms with Crippen molar-refractivity contribution < 1.29 is 13.5 Å². The molecule has 0 saturated heterocycles. The summed E-state index contributed by atoms with van der Waals surface area (Å²) in [7, 11) is -3.89. The van der Waals surface area contributed by atoms with Crippen LogP contribution in [0.3, 0.4) is 0 Å². The molecule has 0 aliphatic carbocycles. The van der Waals surface area contributed by atoms with Crippen LogP contribution in [0.1, 0.15) is 23.4 Å². The van der Waals surface area contributed by atoms with Crippen molar-refractivity contribution in [2.24, 2.45) is 0 Å². The van der Waals surface area contributed by atoms with Crippen molar-refractivity contribution in [3.63, 3.8) is 0 Å². The Kier molecular flexibility index (Phi) is 5.31. The number of aromatic nitrogens is 6. The zero-order chi connectivity index (χ0) is 26.8. The van der Waals surface area contributed by atoms with Crippen molar-refractivity contribution in [1.82, 2.24) is 28.5 Å². The Morgan fingerprint density at radius 2 is 1.95 bits per heavy atom. The SMILES string of the molecule is Cc1ccc(S(=O)(=O)n2cc(-c3nc(-c4cccc(C5(O)CCn6ccnc65)c4)cs3)c3cncnc32)cc1. The fourth-order valence-corrected chi connectivity index (χ4v) is 7.28. The topological polar surface area (TPSA) is 116 Å². The summed E-state index contributed by atoms with van der Waals surface area (Å²) in [6.45, 7) is 2.61. The van der Waals surface area contributed by atoms with Gasteiger partial charge in [0.15, 0.2) is 5.65 Å². The van der Waals surface area contributed by atoms with Crippen molar-refractivity contribution in [3.8, 4) is 21.8 Å². The number of aliphatic hydroxyl groups is 1. The lowest BCUT2D eigenvalue weighted by atomic mass is 9.90. The van der Waals surface area contributed by atoms with E-state index in [0.29, 0.717) is 40.4 Å². The Labute approximate surface area is 228 Å². The summed E-state index contributed by atoms with van der Waals surface area (Å²) in [6.07, 6.45) is 8.65. The van der Waals surface area contributed by atoms with Gasteiger partial charge in [0.05, 0.1) is 10.6 Å².